The van der Waals surface area contributed by atoms with Gasteiger partial charge in [-0.1, -0.05) is 12.1 Å². The molecule has 0 saturated carbocycles. The molecule has 0 fully saturated rings. The molecular weight excluding hydrogens is 333 g/mol. The molecule has 0 amide bonds. The van der Waals surface area contributed by atoms with Crippen molar-refractivity contribution in [1.82, 2.24) is 4.98 Å². The Hall–Kier alpha value is -3.59. The lowest BCUT2D eigenvalue weighted by molar-refractivity contribution is 0.340. The largest absolute Gasteiger partial charge is 0.494 e. The SMILES string of the molecule is CCOc1ccc(Nc2oc(/C=C/c3ccc(F)cc3)nc2C#N)cc1. The summed E-state index contributed by atoms with van der Waals surface area (Å²) in [6.07, 6.45) is 3.35. The first-order valence-corrected chi connectivity index (χ1v) is 8.02. The van der Waals surface area contributed by atoms with Crippen LogP contribution in [0.15, 0.2) is 52.9 Å². The fourth-order valence-electron chi connectivity index (χ4n) is 2.24. The molecule has 3 rings (SSSR count). The normalized spacial score (nSPS) is 10.7. The average molecular weight is 349 g/mol. The van der Waals surface area contributed by atoms with Gasteiger partial charge >= 0.3 is 0 Å². The van der Waals surface area contributed by atoms with Crippen molar-refractivity contribution < 1.29 is 13.5 Å². The zero-order chi connectivity index (χ0) is 18.4. The third-order valence-electron chi connectivity index (χ3n) is 3.46. The van der Waals surface area contributed by atoms with Crippen LogP contribution in [-0.2, 0) is 0 Å². The first-order chi connectivity index (χ1) is 12.7. The average Bonchev–Trinajstić information content (AvgIpc) is 3.05. The first kappa shape index (κ1) is 17.2. The summed E-state index contributed by atoms with van der Waals surface area (Å²) in [6.45, 7) is 2.51. The van der Waals surface area contributed by atoms with Gasteiger partial charge < -0.3 is 14.5 Å². The molecule has 0 radical (unpaired) electrons. The minimum atomic E-state index is -0.299. The fraction of sp³-hybridized carbons (Fsp3) is 0.100. The van der Waals surface area contributed by atoms with Crippen LogP contribution in [0.5, 0.6) is 5.75 Å². The molecule has 0 saturated heterocycles. The highest BCUT2D eigenvalue weighted by Crippen LogP contribution is 2.24. The van der Waals surface area contributed by atoms with Gasteiger partial charge in [-0.25, -0.2) is 4.39 Å². The Morgan fingerprint density at radius 2 is 1.88 bits per heavy atom. The molecule has 0 aliphatic rings. The number of aromatic nitrogens is 1. The number of nitriles is 1. The Kier molecular flexibility index (Phi) is 5.30. The zero-order valence-corrected chi connectivity index (χ0v) is 14.1. The second-order valence-electron chi connectivity index (χ2n) is 5.31. The summed E-state index contributed by atoms with van der Waals surface area (Å²) in [7, 11) is 0. The molecular formula is C20H16FN3O2. The number of nitrogens with zero attached hydrogens (tertiary/aromatic N) is 2. The number of rotatable bonds is 6. The molecule has 130 valence electrons. The van der Waals surface area contributed by atoms with Gasteiger partial charge in [0.1, 0.15) is 17.6 Å². The van der Waals surface area contributed by atoms with E-state index in [4.69, 9.17) is 9.15 Å². The summed E-state index contributed by atoms with van der Waals surface area (Å²) in [5.41, 5.74) is 1.69. The van der Waals surface area contributed by atoms with E-state index < -0.39 is 0 Å². The number of ether oxygens (including phenoxy) is 1. The number of nitrogens with one attached hydrogen (secondary N) is 1. The molecule has 0 aliphatic carbocycles. The van der Waals surface area contributed by atoms with E-state index in [-0.39, 0.29) is 23.3 Å². The summed E-state index contributed by atoms with van der Waals surface area (Å²) < 4.78 is 23.9. The minimum Gasteiger partial charge on any atom is -0.494 e. The molecule has 1 aromatic heterocycles. The number of hydrogen-bond donors (Lipinski definition) is 1. The van der Waals surface area contributed by atoms with Gasteiger partial charge in [0.25, 0.3) is 0 Å². The molecule has 1 heterocycles. The van der Waals surface area contributed by atoms with Crippen LogP contribution in [0, 0.1) is 17.1 Å². The standard InChI is InChI=1S/C20H16FN3O2/c1-2-25-17-10-8-16(9-11-17)23-20-18(13-22)24-19(26-20)12-5-14-3-6-15(21)7-4-14/h3-12,23H,2H2,1H3/b12-5+. The van der Waals surface area contributed by atoms with Crippen molar-refractivity contribution in [1.29, 1.82) is 5.26 Å². The molecule has 0 unspecified atom stereocenters. The monoisotopic (exact) mass is 349 g/mol. The molecule has 0 bridgehead atoms. The Morgan fingerprint density at radius 1 is 1.15 bits per heavy atom. The van der Waals surface area contributed by atoms with Crippen LogP contribution in [0.4, 0.5) is 16.0 Å². The maximum absolute atomic E-state index is 12.9. The molecule has 0 aliphatic heterocycles. The third-order valence-corrected chi connectivity index (χ3v) is 3.46. The van der Waals surface area contributed by atoms with E-state index in [2.05, 4.69) is 10.3 Å². The summed E-state index contributed by atoms with van der Waals surface area (Å²) in [4.78, 5) is 4.13. The molecule has 3 aromatic rings. The van der Waals surface area contributed by atoms with E-state index in [1.165, 1.54) is 12.1 Å². The van der Waals surface area contributed by atoms with Crippen molar-refractivity contribution in [3.05, 3.63) is 71.5 Å². The Balaban J connectivity index is 1.76. The Morgan fingerprint density at radius 3 is 2.54 bits per heavy atom. The molecule has 1 N–H and O–H groups in total. The molecule has 26 heavy (non-hydrogen) atoms. The van der Waals surface area contributed by atoms with Crippen LogP contribution in [0.3, 0.4) is 0 Å². The van der Waals surface area contributed by atoms with Gasteiger partial charge in [-0.15, -0.1) is 0 Å². The predicted molar refractivity (Wildman–Crippen MR) is 97.4 cm³/mol. The van der Waals surface area contributed by atoms with E-state index >= 15 is 0 Å². The summed E-state index contributed by atoms with van der Waals surface area (Å²) in [6, 6.07) is 15.3. The maximum atomic E-state index is 12.9. The summed E-state index contributed by atoms with van der Waals surface area (Å²) in [5, 5.41) is 12.3. The van der Waals surface area contributed by atoms with Gasteiger partial charge in [-0.3, -0.25) is 0 Å². The predicted octanol–water partition coefficient (Wildman–Crippen LogP) is 5.00. The number of benzene rings is 2. The lowest BCUT2D eigenvalue weighted by Gasteiger charge is -2.05. The maximum Gasteiger partial charge on any atom is 0.236 e. The van der Waals surface area contributed by atoms with Crippen LogP contribution < -0.4 is 10.1 Å². The highest BCUT2D eigenvalue weighted by atomic mass is 19.1. The van der Waals surface area contributed by atoms with Crippen molar-refractivity contribution in [2.45, 2.75) is 6.92 Å². The van der Waals surface area contributed by atoms with Crippen molar-refractivity contribution in [3.8, 4) is 11.8 Å². The summed E-state index contributed by atoms with van der Waals surface area (Å²) in [5.74, 6) is 1.00. The van der Waals surface area contributed by atoms with Crippen LogP contribution >= 0.6 is 0 Å². The van der Waals surface area contributed by atoms with Gasteiger partial charge in [0.05, 0.1) is 6.61 Å². The number of oxazole rings is 1. The molecule has 5 nitrogen and oxygen atoms in total. The highest BCUT2D eigenvalue weighted by molar-refractivity contribution is 5.68. The van der Waals surface area contributed by atoms with Gasteiger partial charge in [-0.2, -0.15) is 10.2 Å². The second-order valence-corrected chi connectivity index (χ2v) is 5.31. The lowest BCUT2D eigenvalue weighted by atomic mass is 10.2. The third kappa shape index (κ3) is 4.28. The van der Waals surface area contributed by atoms with E-state index in [9.17, 15) is 9.65 Å². The number of anilines is 2. The lowest BCUT2D eigenvalue weighted by Crippen LogP contribution is -1.93. The van der Waals surface area contributed by atoms with E-state index in [0.29, 0.717) is 6.61 Å². The van der Waals surface area contributed by atoms with Crippen LogP contribution in [0.25, 0.3) is 12.2 Å². The summed E-state index contributed by atoms with van der Waals surface area (Å²) >= 11 is 0. The van der Waals surface area contributed by atoms with Crippen molar-refractivity contribution in [3.63, 3.8) is 0 Å². The van der Waals surface area contributed by atoms with Gasteiger partial charge in [0, 0.05) is 11.8 Å². The fourth-order valence-corrected chi connectivity index (χ4v) is 2.24. The van der Waals surface area contributed by atoms with Crippen molar-refractivity contribution in [2.75, 3.05) is 11.9 Å². The van der Waals surface area contributed by atoms with Crippen LogP contribution in [0.2, 0.25) is 0 Å². The van der Waals surface area contributed by atoms with Gasteiger partial charge in [0.15, 0.2) is 0 Å². The number of hydrogen-bond acceptors (Lipinski definition) is 5. The van der Waals surface area contributed by atoms with E-state index in [0.717, 1.165) is 17.0 Å². The van der Waals surface area contributed by atoms with E-state index in [1.54, 1.807) is 24.3 Å². The molecule has 0 spiro atoms. The van der Waals surface area contributed by atoms with E-state index in [1.807, 2.05) is 37.3 Å². The van der Waals surface area contributed by atoms with Crippen LogP contribution in [-0.4, -0.2) is 11.6 Å². The van der Waals surface area contributed by atoms with Gasteiger partial charge in [0.2, 0.25) is 17.5 Å². The van der Waals surface area contributed by atoms with Crippen LogP contribution in [0.1, 0.15) is 24.1 Å². The second kappa shape index (κ2) is 7.99. The quantitative estimate of drug-likeness (QED) is 0.678. The highest BCUT2D eigenvalue weighted by Gasteiger charge is 2.11. The molecule has 2 aromatic carbocycles. The first-order valence-electron chi connectivity index (χ1n) is 8.02. The molecule has 6 heteroatoms. The van der Waals surface area contributed by atoms with Gasteiger partial charge in [-0.05, 0) is 55.0 Å². The smallest absolute Gasteiger partial charge is 0.236 e. The Bertz CT molecular complexity index is 939. The minimum absolute atomic E-state index is 0.151. The Labute approximate surface area is 150 Å². The van der Waals surface area contributed by atoms with Crippen molar-refractivity contribution >= 4 is 23.7 Å². The van der Waals surface area contributed by atoms with Crippen molar-refractivity contribution in [2.24, 2.45) is 0 Å². The number of halogens is 1. The molecule has 0 atom stereocenters. The zero-order valence-electron chi connectivity index (χ0n) is 14.1. The topological polar surface area (TPSA) is 71.1 Å².